The summed E-state index contributed by atoms with van der Waals surface area (Å²) < 4.78 is 0. The molecule has 1 rings (SSSR count). The number of rotatable bonds is 3. The normalized spacial score (nSPS) is 22.2. The first kappa shape index (κ1) is 13.6. The Balaban J connectivity index is 0.00000144. The minimum Gasteiger partial charge on any atom is -0.334 e. The molecule has 1 saturated carbocycles. The maximum absolute atomic E-state index is 2.42. The molecule has 0 bridgehead atoms. The third-order valence-corrected chi connectivity index (χ3v) is 2.69. The van der Waals surface area contributed by atoms with E-state index in [4.69, 9.17) is 0 Å². The minimum atomic E-state index is 0. The molecule has 0 spiro atoms. The molecule has 0 amide bonds. The zero-order valence-electron chi connectivity index (χ0n) is 9.75. The van der Waals surface area contributed by atoms with E-state index in [1.54, 1.807) is 0 Å². The monoisotopic (exact) mass is 174 g/mol. The van der Waals surface area contributed by atoms with E-state index in [-0.39, 0.29) is 18.9 Å². The van der Waals surface area contributed by atoms with E-state index in [1.807, 2.05) is 0 Å². The van der Waals surface area contributed by atoms with Crippen LogP contribution in [-0.4, -0.2) is 44.8 Å². The maximum Gasteiger partial charge on any atom is 1.00 e. The van der Waals surface area contributed by atoms with E-state index in [1.165, 1.54) is 19.3 Å². The van der Waals surface area contributed by atoms with Crippen LogP contribution in [0.15, 0.2) is 0 Å². The van der Waals surface area contributed by atoms with Crippen LogP contribution < -0.4 is 18.9 Å². The first-order valence-corrected chi connectivity index (χ1v) is 4.77. The smallest absolute Gasteiger partial charge is 0.334 e. The summed E-state index contributed by atoms with van der Waals surface area (Å²) in [5.41, 5.74) is 0. The van der Waals surface area contributed by atoms with Crippen LogP contribution in [0.3, 0.4) is 0 Å². The quantitative estimate of drug-likeness (QED) is 0.374. The molecular formula is C9H20BLiN2. The summed E-state index contributed by atoms with van der Waals surface area (Å²) in [5.74, 6) is 0.843. The topological polar surface area (TPSA) is 6.48 Å². The van der Waals surface area contributed by atoms with Crippen LogP contribution in [0.1, 0.15) is 19.3 Å². The SMILES string of the molecule is CN(C)B(C1C[CH-]CC1)N(C)C.[Li+]. The second-order valence-electron chi connectivity index (χ2n) is 4.20. The van der Waals surface area contributed by atoms with Crippen LogP contribution in [0.4, 0.5) is 0 Å². The number of nitrogens with zero attached hydrogens (tertiary/aromatic N) is 2. The molecule has 0 saturated heterocycles. The Morgan fingerprint density at radius 2 is 1.69 bits per heavy atom. The Bertz CT molecular complexity index is 128. The largest absolute Gasteiger partial charge is 1.00 e. The molecule has 4 heteroatoms. The van der Waals surface area contributed by atoms with Crippen molar-refractivity contribution in [2.75, 3.05) is 28.2 Å². The molecule has 0 N–H and O–H groups in total. The third-order valence-electron chi connectivity index (χ3n) is 2.69. The molecule has 0 aliphatic heterocycles. The summed E-state index contributed by atoms with van der Waals surface area (Å²) in [6.45, 7) is 0.615. The van der Waals surface area contributed by atoms with E-state index < -0.39 is 0 Å². The molecule has 0 aromatic rings. The first-order valence-electron chi connectivity index (χ1n) is 4.77. The summed E-state index contributed by atoms with van der Waals surface area (Å²) in [7, 11) is 8.68. The van der Waals surface area contributed by atoms with Crippen LogP contribution in [0.5, 0.6) is 0 Å². The second-order valence-corrected chi connectivity index (χ2v) is 4.20. The van der Waals surface area contributed by atoms with Gasteiger partial charge in [-0.1, -0.05) is 12.2 Å². The van der Waals surface area contributed by atoms with Gasteiger partial charge in [0.15, 0.2) is 0 Å². The maximum atomic E-state index is 2.42. The Kier molecular flexibility index (Phi) is 6.41. The van der Waals surface area contributed by atoms with Crippen molar-refractivity contribution in [1.29, 1.82) is 0 Å². The molecule has 1 atom stereocenters. The van der Waals surface area contributed by atoms with Crippen molar-refractivity contribution in [3.05, 3.63) is 6.42 Å². The van der Waals surface area contributed by atoms with Crippen LogP contribution in [0.2, 0.25) is 5.82 Å². The molecule has 1 aliphatic carbocycles. The molecule has 70 valence electrons. The summed E-state index contributed by atoms with van der Waals surface area (Å²) in [6, 6.07) is 0. The Morgan fingerprint density at radius 3 is 2.00 bits per heavy atom. The summed E-state index contributed by atoms with van der Waals surface area (Å²) in [6.07, 6.45) is 6.38. The van der Waals surface area contributed by atoms with Crippen molar-refractivity contribution in [1.82, 2.24) is 9.62 Å². The van der Waals surface area contributed by atoms with Gasteiger partial charge in [0.2, 0.25) is 0 Å². The predicted molar refractivity (Wildman–Crippen MR) is 55.0 cm³/mol. The molecule has 0 radical (unpaired) electrons. The Morgan fingerprint density at radius 1 is 1.15 bits per heavy atom. The molecule has 1 aliphatic rings. The van der Waals surface area contributed by atoms with Crippen molar-refractivity contribution in [3.8, 4) is 0 Å². The minimum absolute atomic E-state index is 0. The molecule has 13 heavy (non-hydrogen) atoms. The zero-order chi connectivity index (χ0) is 9.14. The van der Waals surface area contributed by atoms with Gasteiger partial charge in [0.25, 0.3) is 0 Å². The van der Waals surface area contributed by atoms with Gasteiger partial charge in [0, 0.05) is 0 Å². The molecular weight excluding hydrogens is 154 g/mol. The van der Waals surface area contributed by atoms with Gasteiger partial charge in [0.1, 0.15) is 0 Å². The fourth-order valence-electron chi connectivity index (χ4n) is 2.36. The Hall–Kier alpha value is 0.582. The van der Waals surface area contributed by atoms with Gasteiger partial charge in [-0.3, -0.25) is 0 Å². The Labute approximate surface area is 95.3 Å². The number of hydrogen-bond donors (Lipinski definition) is 0. The molecule has 1 fully saturated rings. The van der Waals surface area contributed by atoms with Gasteiger partial charge in [-0.2, -0.15) is 12.8 Å². The first-order chi connectivity index (χ1) is 5.63. The van der Waals surface area contributed by atoms with Crippen molar-refractivity contribution < 1.29 is 18.9 Å². The fourth-order valence-corrected chi connectivity index (χ4v) is 2.36. The van der Waals surface area contributed by atoms with Crippen LogP contribution >= 0.6 is 0 Å². The zero-order valence-corrected chi connectivity index (χ0v) is 9.75. The van der Waals surface area contributed by atoms with Crippen LogP contribution in [0, 0.1) is 6.42 Å². The van der Waals surface area contributed by atoms with Crippen molar-refractivity contribution >= 4 is 6.98 Å². The molecule has 0 aromatic heterocycles. The summed E-state index contributed by atoms with van der Waals surface area (Å²) in [4.78, 5) is 4.65. The summed E-state index contributed by atoms with van der Waals surface area (Å²) in [5, 5.41) is 0. The van der Waals surface area contributed by atoms with Gasteiger partial charge in [-0.05, 0) is 28.2 Å². The van der Waals surface area contributed by atoms with Crippen molar-refractivity contribution in [3.63, 3.8) is 0 Å². The number of hydrogen-bond acceptors (Lipinski definition) is 2. The average Bonchev–Trinajstić information content (AvgIpc) is 2.37. The standard InChI is InChI=1S/C9H20BN2.Li/c1-11(2)10(12(3)4)9-7-5-6-8-9;/h5,9H,6-8H2,1-4H3;/q-1;+1. The molecule has 0 heterocycles. The van der Waals surface area contributed by atoms with Gasteiger partial charge < -0.3 is 16.0 Å². The fraction of sp³-hybridized carbons (Fsp3) is 0.889. The summed E-state index contributed by atoms with van der Waals surface area (Å²) >= 11 is 0. The van der Waals surface area contributed by atoms with Crippen molar-refractivity contribution in [2.45, 2.75) is 25.1 Å². The van der Waals surface area contributed by atoms with Gasteiger partial charge in [0.05, 0.1) is 0 Å². The third kappa shape index (κ3) is 3.67. The van der Waals surface area contributed by atoms with E-state index in [0.717, 1.165) is 5.82 Å². The van der Waals surface area contributed by atoms with Crippen molar-refractivity contribution in [2.24, 2.45) is 0 Å². The van der Waals surface area contributed by atoms with Gasteiger partial charge in [-0.25, -0.2) is 0 Å². The van der Waals surface area contributed by atoms with E-state index in [9.17, 15) is 0 Å². The predicted octanol–water partition coefficient (Wildman–Crippen LogP) is -1.64. The van der Waals surface area contributed by atoms with Crippen LogP contribution in [-0.2, 0) is 0 Å². The van der Waals surface area contributed by atoms with Gasteiger partial charge >= 0.3 is 25.8 Å². The molecule has 1 unspecified atom stereocenters. The average molecular weight is 174 g/mol. The van der Waals surface area contributed by atoms with E-state index in [2.05, 4.69) is 44.2 Å². The molecule has 0 aromatic carbocycles. The molecule has 2 nitrogen and oxygen atoms in total. The van der Waals surface area contributed by atoms with Gasteiger partial charge in [-0.15, -0.1) is 0 Å². The second kappa shape index (κ2) is 6.14. The van der Waals surface area contributed by atoms with Crippen LogP contribution in [0.25, 0.3) is 0 Å². The van der Waals surface area contributed by atoms with E-state index >= 15 is 0 Å². The van der Waals surface area contributed by atoms with E-state index in [0.29, 0.717) is 6.98 Å².